The molecule has 0 atom stereocenters. The van der Waals surface area contributed by atoms with Gasteiger partial charge in [-0.1, -0.05) is 31.2 Å². The molecule has 7 heteroatoms. The predicted molar refractivity (Wildman–Crippen MR) is 105 cm³/mol. The smallest absolute Gasteiger partial charge is 0.240 e. The summed E-state index contributed by atoms with van der Waals surface area (Å²) < 4.78 is 27.3. The average molecular weight is 388 g/mol. The van der Waals surface area contributed by atoms with Crippen LogP contribution >= 0.6 is 0 Å². The average Bonchev–Trinajstić information content (AvgIpc) is 2.65. The topological polar surface area (TPSA) is 83.6 Å². The van der Waals surface area contributed by atoms with E-state index in [1.165, 1.54) is 18.7 Å². The van der Waals surface area contributed by atoms with E-state index in [2.05, 4.69) is 4.72 Å². The van der Waals surface area contributed by atoms with Crippen LogP contribution in [0, 0.1) is 0 Å². The van der Waals surface area contributed by atoms with E-state index in [9.17, 15) is 18.0 Å². The molecule has 0 radical (unpaired) electrons. The van der Waals surface area contributed by atoms with Crippen LogP contribution in [0.1, 0.15) is 36.7 Å². The molecule has 2 aromatic carbocycles. The fraction of sp³-hybridized carbons (Fsp3) is 0.300. The van der Waals surface area contributed by atoms with E-state index in [1.54, 1.807) is 48.5 Å². The number of nitrogens with zero attached hydrogens (tertiary/aromatic N) is 1. The minimum Gasteiger partial charge on any atom is -0.311 e. The lowest BCUT2D eigenvalue weighted by Crippen LogP contribution is -2.37. The summed E-state index contributed by atoms with van der Waals surface area (Å²) in [7, 11) is -3.65. The fourth-order valence-electron chi connectivity index (χ4n) is 2.64. The zero-order valence-electron chi connectivity index (χ0n) is 15.7. The van der Waals surface area contributed by atoms with Gasteiger partial charge >= 0.3 is 0 Å². The maximum absolute atomic E-state index is 12.4. The first-order chi connectivity index (χ1) is 12.7. The fourth-order valence-corrected chi connectivity index (χ4v) is 3.66. The molecular formula is C20H24N2O4S. The Morgan fingerprint density at radius 1 is 1.04 bits per heavy atom. The van der Waals surface area contributed by atoms with Gasteiger partial charge in [-0.2, -0.15) is 0 Å². The maximum Gasteiger partial charge on any atom is 0.240 e. The number of sulfonamides is 1. The Morgan fingerprint density at radius 2 is 1.70 bits per heavy atom. The second-order valence-corrected chi connectivity index (χ2v) is 7.94. The van der Waals surface area contributed by atoms with E-state index >= 15 is 0 Å². The largest absolute Gasteiger partial charge is 0.311 e. The highest BCUT2D eigenvalue weighted by Crippen LogP contribution is 2.17. The summed E-state index contributed by atoms with van der Waals surface area (Å²) in [6.07, 6.45) is 0.834. The molecule has 0 saturated carbocycles. The number of anilines is 1. The van der Waals surface area contributed by atoms with Gasteiger partial charge in [-0.25, -0.2) is 13.1 Å². The lowest BCUT2D eigenvalue weighted by Gasteiger charge is -2.22. The third-order valence-electron chi connectivity index (χ3n) is 4.21. The second kappa shape index (κ2) is 8.92. The highest BCUT2D eigenvalue weighted by atomic mass is 32.2. The van der Waals surface area contributed by atoms with E-state index in [1.807, 2.05) is 6.92 Å². The lowest BCUT2D eigenvalue weighted by atomic mass is 10.1. The Kier molecular flexibility index (Phi) is 6.87. The number of amides is 1. The van der Waals surface area contributed by atoms with Crippen LogP contribution in [-0.2, 0) is 21.2 Å². The lowest BCUT2D eigenvalue weighted by molar-refractivity contribution is -0.116. The molecular weight excluding hydrogens is 364 g/mol. The standard InChI is InChI=1S/C20H24N2O4S/c1-4-17-8-10-20(11-9-17)27(25,26)21-12-13-22(16(3)24)19-7-5-6-18(14-19)15(2)23/h5-11,14,21H,4,12-13H2,1-3H3. The van der Waals surface area contributed by atoms with Gasteiger partial charge in [0.05, 0.1) is 4.90 Å². The Hall–Kier alpha value is -2.51. The van der Waals surface area contributed by atoms with Crippen molar-refractivity contribution < 1.29 is 18.0 Å². The van der Waals surface area contributed by atoms with Crippen LogP contribution in [0.4, 0.5) is 5.69 Å². The van der Waals surface area contributed by atoms with E-state index < -0.39 is 10.0 Å². The molecule has 6 nitrogen and oxygen atoms in total. The molecule has 1 N–H and O–H groups in total. The van der Waals surface area contributed by atoms with Gasteiger partial charge in [0.25, 0.3) is 0 Å². The first-order valence-electron chi connectivity index (χ1n) is 8.72. The van der Waals surface area contributed by atoms with Crippen molar-refractivity contribution in [2.75, 3.05) is 18.0 Å². The second-order valence-electron chi connectivity index (χ2n) is 6.17. The van der Waals surface area contributed by atoms with Gasteiger partial charge in [0, 0.05) is 31.3 Å². The molecule has 0 fully saturated rings. The highest BCUT2D eigenvalue weighted by Gasteiger charge is 2.16. The monoisotopic (exact) mass is 388 g/mol. The van der Waals surface area contributed by atoms with Crippen molar-refractivity contribution in [2.24, 2.45) is 0 Å². The number of aryl methyl sites for hydroxylation is 1. The van der Waals surface area contributed by atoms with Crippen molar-refractivity contribution in [3.05, 3.63) is 59.7 Å². The van der Waals surface area contributed by atoms with Gasteiger partial charge in [0.2, 0.25) is 15.9 Å². The van der Waals surface area contributed by atoms with E-state index in [0.717, 1.165) is 12.0 Å². The first kappa shape index (κ1) is 20.8. The molecule has 0 aliphatic carbocycles. The van der Waals surface area contributed by atoms with Gasteiger partial charge in [0.15, 0.2) is 5.78 Å². The Labute approximate surface area is 160 Å². The third-order valence-corrected chi connectivity index (χ3v) is 5.69. The SMILES string of the molecule is CCc1ccc(S(=O)(=O)NCCN(C(C)=O)c2cccc(C(C)=O)c2)cc1. The molecule has 1 amide bonds. The van der Waals surface area contributed by atoms with Crippen LogP contribution in [0.5, 0.6) is 0 Å². The Bertz CT molecular complexity index is 921. The molecule has 0 saturated heterocycles. The summed E-state index contributed by atoms with van der Waals surface area (Å²) in [6.45, 7) is 5.07. The van der Waals surface area contributed by atoms with E-state index in [4.69, 9.17) is 0 Å². The molecule has 0 heterocycles. The third kappa shape index (κ3) is 5.48. The number of Topliss-reactive ketones (excluding diaryl/α,β-unsaturated/α-hetero) is 1. The van der Waals surface area contributed by atoms with Crippen LogP contribution < -0.4 is 9.62 Å². The number of rotatable bonds is 8. The van der Waals surface area contributed by atoms with Crippen LogP contribution in [0.3, 0.4) is 0 Å². The van der Waals surface area contributed by atoms with Crippen molar-refractivity contribution in [1.29, 1.82) is 0 Å². The molecule has 2 aromatic rings. The van der Waals surface area contributed by atoms with Gasteiger partial charge in [0.1, 0.15) is 0 Å². The molecule has 2 rings (SSSR count). The summed E-state index contributed by atoms with van der Waals surface area (Å²) in [5.41, 5.74) is 2.11. The molecule has 0 aromatic heterocycles. The summed E-state index contributed by atoms with van der Waals surface area (Å²) in [5.74, 6) is -0.334. The van der Waals surface area contributed by atoms with Crippen LogP contribution in [-0.4, -0.2) is 33.2 Å². The number of hydrogen-bond acceptors (Lipinski definition) is 4. The van der Waals surface area contributed by atoms with Crippen molar-refractivity contribution in [3.63, 3.8) is 0 Å². The summed E-state index contributed by atoms with van der Waals surface area (Å²) in [6, 6.07) is 13.4. The van der Waals surface area contributed by atoms with Crippen LogP contribution in [0.25, 0.3) is 0 Å². The molecule has 0 unspecified atom stereocenters. The van der Waals surface area contributed by atoms with Crippen molar-refractivity contribution in [3.8, 4) is 0 Å². The van der Waals surface area contributed by atoms with Gasteiger partial charge in [-0.3, -0.25) is 9.59 Å². The quantitative estimate of drug-likeness (QED) is 0.705. The zero-order valence-corrected chi connectivity index (χ0v) is 16.5. The van der Waals surface area contributed by atoms with Crippen molar-refractivity contribution in [2.45, 2.75) is 32.1 Å². The van der Waals surface area contributed by atoms with E-state index in [0.29, 0.717) is 11.3 Å². The molecule has 27 heavy (non-hydrogen) atoms. The number of nitrogens with one attached hydrogen (secondary N) is 1. The zero-order chi connectivity index (χ0) is 20.0. The number of benzene rings is 2. The normalized spacial score (nSPS) is 11.2. The molecule has 0 aliphatic heterocycles. The number of ketones is 1. The summed E-state index contributed by atoms with van der Waals surface area (Å²) in [4.78, 5) is 25.2. The predicted octanol–water partition coefficient (Wildman–Crippen LogP) is 2.78. The van der Waals surface area contributed by atoms with Gasteiger partial charge < -0.3 is 4.90 Å². The number of hydrogen-bond donors (Lipinski definition) is 1. The number of carbonyl (C=O) groups is 2. The maximum atomic E-state index is 12.4. The Morgan fingerprint density at radius 3 is 2.26 bits per heavy atom. The highest BCUT2D eigenvalue weighted by molar-refractivity contribution is 7.89. The van der Waals surface area contributed by atoms with Gasteiger partial charge in [-0.05, 0) is 43.2 Å². The molecule has 144 valence electrons. The van der Waals surface area contributed by atoms with E-state index in [-0.39, 0.29) is 29.7 Å². The van der Waals surface area contributed by atoms with Crippen molar-refractivity contribution >= 4 is 27.4 Å². The molecule has 0 aliphatic rings. The number of carbonyl (C=O) groups excluding carboxylic acids is 2. The van der Waals surface area contributed by atoms with Gasteiger partial charge in [-0.15, -0.1) is 0 Å². The van der Waals surface area contributed by atoms with Crippen LogP contribution in [0.2, 0.25) is 0 Å². The Balaban J connectivity index is 2.08. The minimum absolute atomic E-state index is 0.0573. The van der Waals surface area contributed by atoms with Crippen LogP contribution in [0.15, 0.2) is 53.4 Å². The molecule has 0 spiro atoms. The molecule has 0 bridgehead atoms. The summed E-state index contributed by atoms with van der Waals surface area (Å²) >= 11 is 0. The van der Waals surface area contributed by atoms with Crippen molar-refractivity contribution in [1.82, 2.24) is 4.72 Å². The summed E-state index contributed by atoms with van der Waals surface area (Å²) in [5, 5.41) is 0. The first-order valence-corrected chi connectivity index (χ1v) is 10.2. The minimum atomic E-state index is -3.65.